The van der Waals surface area contributed by atoms with Crippen molar-refractivity contribution in [2.24, 2.45) is 11.3 Å². The lowest BCUT2D eigenvalue weighted by molar-refractivity contribution is -0.124. The minimum Gasteiger partial charge on any atom is -0.508 e. The molecule has 3 N–H and O–H groups in total. The summed E-state index contributed by atoms with van der Waals surface area (Å²) in [6.45, 7) is 12.8. The second kappa shape index (κ2) is 8.19. The summed E-state index contributed by atoms with van der Waals surface area (Å²) in [4.78, 5) is 15.4. The first-order chi connectivity index (χ1) is 12.7. The van der Waals surface area contributed by atoms with Gasteiger partial charge < -0.3 is 20.6 Å². The van der Waals surface area contributed by atoms with Gasteiger partial charge in [0.25, 0.3) is 0 Å². The highest BCUT2D eigenvalue weighted by Crippen LogP contribution is 2.30. The molecule has 0 radical (unpaired) electrons. The Kier molecular flexibility index (Phi) is 6.11. The number of amides is 1. The molecule has 0 aliphatic carbocycles. The van der Waals surface area contributed by atoms with Crippen LogP contribution in [-0.4, -0.2) is 47.6 Å². The lowest BCUT2D eigenvalue weighted by Crippen LogP contribution is -2.55. The molecule has 5 nitrogen and oxygen atoms in total. The molecule has 3 rings (SSSR count). The molecule has 5 heteroatoms. The van der Waals surface area contributed by atoms with E-state index in [1.165, 1.54) is 12.8 Å². The van der Waals surface area contributed by atoms with Crippen LogP contribution in [0.15, 0.2) is 18.2 Å². The molecule has 1 saturated heterocycles. The molecule has 0 bridgehead atoms. The van der Waals surface area contributed by atoms with Crippen molar-refractivity contribution in [3.05, 3.63) is 29.3 Å². The second-order valence-electron chi connectivity index (χ2n) is 9.41. The molecule has 0 saturated carbocycles. The summed E-state index contributed by atoms with van der Waals surface area (Å²) >= 11 is 0. The van der Waals surface area contributed by atoms with Gasteiger partial charge in [-0.05, 0) is 66.9 Å². The first kappa shape index (κ1) is 20.2. The monoisotopic (exact) mass is 373 g/mol. The Morgan fingerprint density at radius 1 is 1.30 bits per heavy atom. The minimum absolute atomic E-state index is 0.0877. The summed E-state index contributed by atoms with van der Waals surface area (Å²) in [5.74, 6) is 0.768. The van der Waals surface area contributed by atoms with Crippen LogP contribution in [0.2, 0.25) is 0 Å². The maximum atomic E-state index is 12.9. The molecule has 1 aromatic carbocycles. The number of hydrogen-bond acceptors (Lipinski definition) is 4. The third kappa shape index (κ3) is 5.23. The van der Waals surface area contributed by atoms with E-state index in [0.717, 1.165) is 30.8 Å². The topological polar surface area (TPSA) is 64.6 Å². The zero-order valence-electron chi connectivity index (χ0n) is 17.2. The minimum atomic E-state index is -0.205. The van der Waals surface area contributed by atoms with Crippen molar-refractivity contribution >= 4 is 5.91 Å². The van der Waals surface area contributed by atoms with Gasteiger partial charge in [0.05, 0.1) is 6.04 Å². The van der Waals surface area contributed by atoms with Crippen molar-refractivity contribution in [1.29, 1.82) is 0 Å². The first-order valence-corrected chi connectivity index (χ1v) is 10.3. The summed E-state index contributed by atoms with van der Waals surface area (Å²) in [6, 6.07) is 5.38. The summed E-state index contributed by atoms with van der Waals surface area (Å²) in [7, 11) is 0. The van der Waals surface area contributed by atoms with E-state index in [2.05, 4.69) is 43.2 Å². The predicted molar refractivity (Wildman–Crippen MR) is 109 cm³/mol. The molecule has 1 amide bonds. The Balaban J connectivity index is 1.57. The first-order valence-electron chi connectivity index (χ1n) is 10.3. The average Bonchev–Trinajstić information content (AvgIpc) is 2.62. The molecule has 27 heavy (non-hydrogen) atoms. The molecule has 150 valence electrons. The summed E-state index contributed by atoms with van der Waals surface area (Å²) in [6.07, 6.45) is 3.11. The van der Waals surface area contributed by atoms with Crippen molar-refractivity contribution in [2.45, 2.75) is 65.6 Å². The van der Waals surface area contributed by atoms with E-state index in [4.69, 9.17) is 0 Å². The van der Waals surface area contributed by atoms with Crippen LogP contribution >= 0.6 is 0 Å². The van der Waals surface area contributed by atoms with Crippen LogP contribution in [0, 0.1) is 11.3 Å². The van der Waals surface area contributed by atoms with Gasteiger partial charge in [-0.15, -0.1) is 0 Å². The second-order valence-corrected chi connectivity index (χ2v) is 9.41. The zero-order valence-corrected chi connectivity index (χ0v) is 17.2. The van der Waals surface area contributed by atoms with Crippen LogP contribution in [0.4, 0.5) is 0 Å². The molecule has 2 atom stereocenters. The van der Waals surface area contributed by atoms with E-state index in [0.29, 0.717) is 24.3 Å². The Labute approximate surface area is 163 Å². The van der Waals surface area contributed by atoms with Crippen molar-refractivity contribution in [3.8, 4) is 5.75 Å². The maximum absolute atomic E-state index is 12.9. The highest BCUT2D eigenvalue weighted by Gasteiger charge is 2.30. The molecule has 2 aliphatic rings. The van der Waals surface area contributed by atoms with Crippen molar-refractivity contribution in [2.75, 3.05) is 19.6 Å². The van der Waals surface area contributed by atoms with Gasteiger partial charge in [0.15, 0.2) is 0 Å². The summed E-state index contributed by atoms with van der Waals surface area (Å²) in [5.41, 5.74) is 2.67. The standard InChI is InChI=1S/C22H35N3O2/c1-15(2)20(14-25-9-7-22(3,4)8-10-25)24-21(27)19-12-16-5-6-18(26)11-17(16)13-23-19/h5-6,11,15,19-20,23,26H,7-10,12-14H2,1-4H3,(H,24,27)/t19-,20-/m1/s1. The number of phenols is 1. The lowest BCUT2D eigenvalue weighted by atomic mass is 9.82. The van der Waals surface area contributed by atoms with Crippen LogP contribution in [0.3, 0.4) is 0 Å². The Morgan fingerprint density at radius 3 is 2.67 bits per heavy atom. The van der Waals surface area contributed by atoms with Gasteiger partial charge in [0, 0.05) is 19.1 Å². The van der Waals surface area contributed by atoms with E-state index >= 15 is 0 Å². The van der Waals surface area contributed by atoms with Crippen molar-refractivity contribution < 1.29 is 9.90 Å². The number of aromatic hydroxyl groups is 1. The van der Waals surface area contributed by atoms with E-state index in [1.54, 1.807) is 12.1 Å². The van der Waals surface area contributed by atoms with Crippen LogP contribution in [0.25, 0.3) is 0 Å². The number of benzene rings is 1. The quantitative estimate of drug-likeness (QED) is 0.742. The van der Waals surface area contributed by atoms with Gasteiger partial charge in [0.2, 0.25) is 5.91 Å². The fourth-order valence-electron chi connectivity index (χ4n) is 4.01. The molecule has 2 heterocycles. The highest BCUT2D eigenvalue weighted by atomic mass is 16.3. The number of nitrogens with zero attached hydrogens (tertiary/aromatic N) is 1. The molecule has 1 fully saturated rings. The predicted octanol–water partition coefficient (Wildman–Crippen LogP) is 2.67. The third-order valence-electron chi connectivity index (χ3n) is 6.27. The summed E-state index contributed by atoms with van der Waals surface area (Å²) < 4.78 is 0. The van der Waals surface area contributed by atoms with Gasteiger partial charge in [0.1, 0.15) is 5.75 Å². The number of hydrogen-bond donors (Lipinski definition) is 3. The van der Waals surface area contributed by atoms with E-state index in [9.17, 15) is 9.90 Å². The Hall–Kier alpha value is -1.59. The number of carbonyl (C=O) groups excluding carboxylic acids is 1. The van der Waals surface area contributed by atoms with Gasteiger partial charge in [-0.25, -0.2) is 0 Å². The number of phenolic OH excluding ortho intramolecular Hbond substituents is 1. The molecular formula is C22H35N3O2. The van der Waals surface area contributed by atoms with Gasteiger partial charge in [-0.2, -0.15) is 0 Å². The average molecular weight is 374 g/mol. The van der Waals surface area contributed by atoms with Crippen molar-refractivity contribution in [1.82, 2.24) is 15.5 Å². The summed E-state index contributed by atoms with van der Waals surface area (Å²) in [5, 5.41) is 16.2. The lowest BCUT2D eigenvalue weighted by Gasteiger charge is -2.39. The Morgan fingerprint density at radius 2 is 2.00 bits per heavy atom. The number of piperidine rings is 1. The van der Waals surface area contributed by atoms with Gasteiger partial charge in [-0.1, -0.05) is 33.8 Å². The molecule has 0 aromatic heterocycles. The van der Waals surface area contributed by atoms with E-state index in [-0.39, 0.29) is 23.7 Å². The van der Waals surface area contributed by atoms with Crippen LogP contribution in [-0.2, 0) is 17.8 Å². The number of rotatable bonds is 5. The SMILES string of the molecule is CC(C)[C@@H](CN1CCC(C)(C)CC1)NC(=O)[C@H]1Cc2ccc(O)cc2CN1. The van der Waals surface area contributed by atoms with E-state index < -0.39 is 0 Å². The normalized spacial score (nSPS) is 23.7. The smallest absolute Gasteiger partial charge is 0.237 e. The number of fused-ring (bicyclic) bond motifs is 1. The van der Waals surface area contributed by atoms with Crippen LogP contribution in [0.5, 0.6) is 5.75 Å². The molecular weight excluding hydrogens is 338 g/mol. The molecule has 1 aromatic rings. The number of carbonyl (C=O) groups is 1. The molecule has 2 aliphatic heterocycles. The number of likely N-dealkylation sites (tertiary alicyclic amines) is 1. The zero-order chi connectivity index (χ0) is 19.6. The Bertz CT molecular complexity index is 662. The highest BCUT2D eigenvalue weighted by molar-refractivity contribution is 5.82. The largest absolute Gasteiger partial charge is 0.508 e. The maximum Gasteiger partial charge on any atom is 0.237 e. The van der Waals surface area contributed by atoms with Crippen LogP contribution < -0.4 is 10.6 Å². The van der Waals surface area contributed by atoms with Crippen LogP contribution in [0.1, 0.15) is 51.7 Å². The van der Waals surface area contributed by atoms with E-state index in [1.807, 2.05) is 6.07 Å². The fraction of sp³-hybridized carbons (Fsp3) is 0.682. The molecule has 0 spiro atoms. The number of nitrogens with one attached hydrogen (secondary N) is 2. The van der Waals surface area contributed by atoms with Gasteiger partial charge >= 0.3 is 0 Å². The van der Waals surface area contributed by atoms with Crippen molar-refractivity contribution in [3.63, 3.8) is 0 Å². The van der Waals surface area contributed by atoms with Gasteiger partial charge in [-0.3, -0.25) is 4.79 Å². The fourth-order valence-corrected chi connectivity index (χ4v) is 4.01. The molecule has 0 unspecified atom stereocenters. The third-order valence-corrected chi connectivity index (χ3v) is 6.27.